The number of hydrogen-bond acceptors (Lipinski definition) is 5. The first kappa shape index (κ1) is 16.9. The van der Waals surface area contributed by atoms with Crippen molar-refractivity contribution in [2.24, 2.45) is 0 Å². The van der Waals surface area contributed by atoms with Crippen molar-refractivity contribution < 1.29 is 9.59 Å². The van der Waals surface area contributed by atoms with Gasteiger partial charge in [-0.25, -0.2) is 4.98 Å². The summed E-state index contributed by atoms with van der Waals surface area (Å²) in [6, 6.07) is 7.07. The Bertz CT molecular complexity index is 746. The lowest BCUT2D eigenvalue weighted by Gasteiger charge is -2.35. The molecule has 2 aromatic rings. The molecule has 0 bridgehead atoms. The van der Waals surface area contributed by atoms with Crippen molar-refractivity contribution in [1.29, 1.82) is 0 Å². The lowest BCUT2D eigenvalue weighted by molar-refractivity contribution is 0.0614. The van der Waals surface area contributed by atoms with Crippen LogP contribution >= 0.6 is 0 Å². The van der Waals surface area contributed by atoms with Crippen molar-refractivity contribution in [3.63, 3.8) is 0 Å². The highest BCUT2D eigenvalue weighted by Crippen LogP contribution is 2.22. The Kier molecular flexibility index (Phi) is 4.81. The van der Waals surface area contributed by atoms with Crippen LogP contribution in [0.5, 0.6) is 0 Å². The summed E-state index contributed by atoms with van der Waals surface area (Å²) in [6.07, 6.45) is 5.63. The van der Waals surface area contributed by atoms with Gasteiger partial charge in [0.05, 0.1) is 17.5 Å². The van der Waals surface area contributed by atoms with Crippen LogP contribution in [-0.2, 0) is 6.54 Å². The summed E-state index contributed by atoms with van der Waals surface area (Å²) in [4.78, 5) is 35.0. The van der Waals surface area contributed by atoms with Crippen LogP contribution in [0.4, 0.5) is 0 Å². The molecule has 1 fully saturated rings. The summed E-state index contributed by atoms with van der Waals surface area (Å²) >= 11 is 0. The molecule has 1 aromatic heterocycles. The summed E-state index contributed by atoms with van der Waals surface area (Å²) in [5.74, 6) is -0.325. The standard InChI is InChI=1S/C19H23N5O2/c25-18-16-3-1-2-4-17(16)19(26)24(18)14-13-22-9-7-21(8-10-22)11-12-23-6-5-20-15-23/h1-6,15H,7-14H2. The van der Waals surface area contributed by atoms with Crippen LogP contribution in [0, 0.1) is 0 Å². The maximum absolute atomic E-state index is 12.4. The number of amides is 2. The molecule has 2 amide bonds. The van der Waals surface area contributed by atoms with E-state index in [1.54, 1.807) is 30.5 Å². The molecule has 0 radical (unpaired) electrons. The second-order valence-corrected chi connectivity index (χ2v) is 6.79. The molecule has 3 heterocycles. The first-order valence-electron chi connectivity index (χ1n) is 9.08. The molecule has 2 aliphatic heterocycles. The zero-order valence-electron chi connectivity index (χ0n) is 14.8. The molecule has 1 saturated heterocycles. The number of rotatable bonds is 6. The Hall–Kier alpha value is -2.51. The summed E-state index contributed by atoms with van der Waals surface area (Å²) in [5, 5.41) is 0. The van der Waals surface area contributed by atoms with E-state index in [0.29, 0.717) is 17.7 Å². The molecular formula is C19H23N5O2. The van der Waals surface area contributed by atoms with E-state index in [1.807, 2.05) is 12.5 Å². The third kappa shape index (κ3) is 3.40. The molecule has 0 saturated carbocycles. The summed E-state index contributed by atoms with van der Waals surface area (Å²) in [5.41, 5.74) is 1.06. The minimum atomic E-state index is -0.162. The van der Waals surface area contributed by atoms with Gasteiger partial charge in [0.1, 0.15) is 0 Å². The zero-order chi connectivity index (χ0) is 17.9. The Labute approximate surface area is 152 Å². The third-order valence-electron chi connectivity index (χ3n) is 5.22. The number of carbonyl (C=O) groups excluding carboxylic acids is 2. The van der Waals surface area contributed by atoms with Crippen molar-refractivity contribution in [1.82, 2.24) is 24.3 Å². The second kappa shape index (κ2) is 7.39. The van der Waals surface area contributed by atoms with Gasteiger partial charge >= 0.3 is 0 Å². The molecule has 7 heteroatoms. The van der Waals surface area contributed by atoms with E-state index in [2.05, 4.69) is 19.4 Å². The highest BCUT2D eigenvalue weighted by molar-refractivity contribution is 6.21. The monoisotopic (exact) mass is 353 g/mol. The van der Waals surface area contributed by atoms with Gasteiger partial charge in [-0.3, -0.25) is 24.3 Å². The van der Waals surface area contributed by atoms with Crippen LogP contribution in [0.25, 0.3) is 0 Å². The number of benzene rings is 1. The number of hydrogen-bond donors (Lipinski definition) is 0. The number of nitrogens with zero attached hydrogens (tertiary/aromatic N) is 5. The van der Waals surface area contributed by atoms with Gasteiger partial charge in [-0.15, -0.1) is 0 Å². The van der Waals surface area contributed by atoms with Crippen LogP contribution < -0.4 is 0 Å². The van der Waals surface area contributed by atoms with Gasteiger partial charge in [0.25, 0.3) is 11.8 Å². The van der Waals surface area contributed by atoms with Gasteiger partial charge < -0.3 is 4.57 Å². The van der Waals surface area contributed by atoms with Crippen LogP contribution in [-0.4, -0.2) is 81.9 Å². The molecule has 0 atom stereocenters. The molecule has 4 rings (SSSR count). The quantitative estimate of drug-likeness (QED) is 0.719. The fourth-order valence-corrected chi connectivity index (χ4v) is 3.60. The predicted molar refractivity (Wildman–Crippen MR) is 96.9 cm³/mol. The molecule has 7 nitrogen and oxygen atoms in total. The zero-order valence-corrected chi connectivity index (χ0v) is 14.8. The van der Waals surface area contributed by atoms with E-state index >= 15 is 0 Å². The largest absolute Gasteiger partial charge is 0.336 e. The van der Waals surface area contributed by atoms with Crippen LogP contribution in [0.1, 0.15) is 20.7 Å². The molecular weight excluding hydrogens is 330 g/mol. The molecule has 0 spiro atoms. The maximum Gasteiger partial charge on any atom is 0.261 e. The molecule has 136 valence electrons. The highest BCUT2D eigenvalue weighted by Gasteiger charge is 2.35. The minimum Gasteiger partial charge on any atom is -0.336 e. The van der Waals surface area contributed by atoms with Gasteiger partial charge in [-0.2, -0.15) is 0 Å². The van der Waals surface area contributed by atoms with Crippen LogP contribution in [0.15, 0.2) is 43.0 Å². The SMILES string of the molecule is O=C1c2ccccc2C(=O)N1CCN1CCN(CCn2ccnc2)CC1. The van der Waals surface area contributed by atoms with Gasteiger partial charge in [0.15, 0.2) is 0 Å². The lowest BCUT2D eigenvalue weighted by Crippen LogP contribution is -2.49. The fraction of sp³-hybridized carbons (Fsp3) is 0.421. The van der Waals surface area contributed by atoms with Gasteiger partial charge in [-0.05, 0) is 12.1 Å². The van der Waals surface area contributed by atoms with Crippen molar-refractivity contribution >= 4 is 11.8 Å². The average Bonchev–Trinajstić information content (AvgIpc) is 3.28. The molecule has 26 heavy (non-hydrogen) atoms. The molecule has 1 aromatic carbocycles. The topological polar surface area (TPSA) is 61.7 Å². The normalized spacial score (nSPS) is 18.5. The van der Waals surface area contributed by atoms with E-state index in [-0.39, 0.29) is 11.8 Å². The van der Waals surface area contributed by atoms with Crippen molar-refractivity contribution in [3.8, 4) is 0 Å². The van der Waals surface area contributed by atoms with Crippen LogP contribution in [0.3, 0.4) is 0 Å². The maximum atomic E-state index is 12.4. The molecule has 0 unspecified atom stereocenters. The Morgan fingerprint density at radius 2 is 1.38 bits per heavy atom. The second-order valence-electron chi connectivity index (χ2n) is 6.79. The average molecular weight is 353 g/mol. The van der Waals surface area contributed by atoms with Gasteiger partial charge in [0, 0.05) is 64.8 Å². The van der Waals surface area contributed by atoms with Crippen LogP contribution in [0.2, 0.25) is 0 Å². The van der Waals surface area contributed by atoms with Crippen molar-refractivity contribution in [3.05, 3.63) is 54.1 Å². The number of carbonyl (C=O) groups is 2. The molecule has 2 aliphatic rings. The van der Waals surface area contributed by atoms with Crippen molar-refractivity contribution in [2.75, 3.05) is 45.8 Å². The number of fused-ring (bicyclic) bond motifs is 1. The smallest absolute Gasteiger partial charge is 0.261 e. The fourth-order valence-electron chi connectivity index (χ4n) is 3.60. The van der Waals surface area contributed by atoms with E-state index < -0.39 is 0 Å². The number of aromatic nitrogens is 2. The van der Waals surface area contributed by atoms with Gasteiger partial charge in [0.2, 0.25) is 0 Å². The molecule has 0 N–H and O–H groups in total. The Morgan fingerprint density at radius 3 is 1.92 bits per heavy atom. The lowest BCUT2D eigenvalue weighted by atomic mass is 10.1. The number of imide groups is 1. The van der Waals surface area contributed by atoms with E-state index in [0.717, 1.165) is 45.8 Å². The Morgan fingerprint density at radius 1 is 0.808 bits per heavy atom. The summed E-state index contributed by atoms with van der Waals surface area (Å²) in [7, 11) is 0. The van der Waals surface area contributed by atoms with Crippen molar-refractivity contribution in [2.45, 2.75) is 6.54 Å². The first-order valence-corrected chi connectivity index (χ1v) is 9.08. The van der Waals surface area contributed by atoms with Gasteiger partial charge in [-0.1, -0.05) is 12.1 Å². The van der Waals surface area contributed by atoms with E-state index in [9.17, 15) is 9.59 Å². The first-order chi connectivity index (χ1) is 12.7. The minimum absolute atomic E-state index is 0.162. The summed E-state index contributed by atoms with van der Waals surface area (Å²) < 4.78 is 2.09. The predicted octanol–water partition coefficient (Wildman–Crippen LogP) is 0.797. The molecule has 0 aliphatic carbocycles. The summed E-state index contributed by atoms with van der Waals surface area (Å²) in [6.45, 7) is 7.12. The van der Waals surface area contributed by atoms with E-state index in [1.165, 1.54) is 4.90 Å². The number of imidazole rings is 1. The third-order valence-corrected chi connectivity index (χ3v) is 5.22. The number of piperazine rings is 1. The Balaban J connectivity index is 1.23. The highest BCUT2D eigenvalue weighted by atomic mass is 16.2. The van der Waals surface area contributed by atoms with E-state index in [4.69, 9.17) is 0 Å².